The van der Waals surface area contributed by atoms with E-state index in [2.05, 4.69) is 34.4 Å². The van der Waals surface area contributed by atoms with E-state index in [4.69, 9.17) is 6.57 Å². The molecule has 4 nitrogen and oxygen atoms in total. The maximum atomic E-state index is 12.2. The van der Waals surface area contributed by atoms with Gasteiger partial charge in [-0.05, 0) is 22.8 Å². The number of amides is 1. The Labute approximate surface area is 130 Å². The molecule has 2 aromatic rings. The molecule has 3 rings (SSSR count). The summed E-state index contributed by atoms with van der Waals surface area (Å²) in [6.45, 7) is 8.79. The Morgan fingerprint density at radius 1 is 1.27 bits per heavy atom. The highest BCUT2D eigenvalue weighted by Crippen LogP contribution is 2.19. The quantitative estimate of drug-likeness (QED) is 0.880. The third kappa shape index (κ3) is 2.95. The molecule has 0 aromatic heterocycles. The van der Waals surface area contributed by atoms with E-state index in [1.807, 2.05) is 18.2 Å². The van der Waals surface area contributed by atoms with E-state index < -0.39 is 0 Å². The van der Waals surface area contributed by atoms with E-state index in [0.29, 0.717) is 13.1 Å². The molecule has 1 saturated heterocycles. The average molecular weight is 293 g/mol. The fraction of sp³-hybridized carbons (Fsp3) is 0.333. The summed E-state index contributed by atoms with van der Waals surface area (Å²) in [6, 6.07) is 14.5. The first-order valence-electron chi connectivity index (χ1n) is 7.63. The lowest BCUT2D eigenvalue weighted by Crippen LogP contribution is -2.39. The summed E-state index contributed by atoms with van der Waals surface area (Å²) in [5.41, 5.74) is 1.19. The van der Waals surface area contributed by atoms with Gasteiger partial charge < -0.3 is 5.32 Å². The average Bonchev–Trinajstić information content (AvgIpc) is 3.03. The van der Waals surface area contributed by atoms with Crippen LogP contribution < -0.4 is 5.32 Å². The smallest absolute Gasteiger partial charge is 0.300 e. The normalized spacial score (nSPS) is 17.6. The van der Waals surface area contributed by atoms with Crippen LogP contribution in [0.2, 0.25) is 0 Å². The lowest BCUT2D eigenvalue weighted by Gasteiger charge is -2.16. The van der Waals surface area contributed by atoms with Gasteiger partial charge in [-0.2, -0.15) is 0 Å². The van der Waals surface area contributed by atoms with Crippen molar-refractivity contribution >= 4 is 16.7 Å². The van der Waals surface area contributed by atoms with Gasteiger partial charge in [0.1, 0.15) is 0 Å². The minimum absolute atomic E-state index is 0.0266. The second-order valence-corrected chi connectivity index (χ2v) is 5.58. The minimum Gasteiger partial charge on any atom is -0.304 e. The number of hydrogen-bond donors (Lipinski definition) is 1. The van der Waals surface area contributed by atoms with Crippen LogP contribution in [0, 0.1) is 6.57 Å². The molecule has 1 atom stereocenters. The van der Waals surface area contributed by atoms with Gasteiger partial charge in [0.25, 0.3) is 0 Å². The van der Waals surface area contributed by atoms with Crippen LogP contribution in [-0.2, 0) is 11.3 Å². The predicted octanol–water partition coefficient (Wildman–Crippen LogP) is 2.80. The van der Waals surface area contributed by atoms with Crippen LogP contribution in [0.5, 0.6) is 0 Å². The Kier molecular flexibility index (Phi) is 4.36. The predicted molar refractivity (Wildman–Crippen MR) is 87.0 cm³/mol. The lowest BCUT2D eigenvalue weighted by atomic mass is 10.0. The van der Waals surface area contributed by atoms with Crippen LogP contribution in [-0.4, -0.2) is 30.1 Å². The third-order valence-corrected chi connectivity index (χ3v) is 4.16. The van der Waals surface area contributed by atoms with Crippen LogP contribution in [0.25, 0.3) is 15.6 Å². The van der Waals surface area contributed by atoms with Crippen LogP contribution in [0.15, 0.2) is 42.5 Å². The zero-order valence-electron chi connectivity index (χ0n) is 12.5. The molecule has 22 heavy (non-hydrogen) atoms. The van der Waals surface area contributed by atoms with Crippen molar-refractivity contribution in [3.63, 3.8) is 0 Å². The fourth-order valence-electron chi connectivity index (χ4n) is 3.03. The maximum Gasteiger partial charge on any atom is 0.300 e. The van der Waals surface area contributed by atoms with Gasteiger partial charge in [-0.15, -0.1) is 0 Å². The standard InChI is InChI=1S/C18H19N3O/c1-19-17-10-5-11-21(17)18(22)13-20-12-15-8-4-7-14-6-2-3-9-16(14)15/h2-4,6-9,17,20H,5,10-13H2/t17-/m0/s1. The zero-order chi connectivity index (χ0) is 15.4. The summed E-state index contributed by atoms with van der Waals surface area (Å²) < 4.78 is 0. The van der Waals surface area contributed by atoms with Gasteiger partial charge in [-0.3, -0.25) is 14.5 Å². The second kappa shape index (κ2) is 6.59. The van der Waals surface area contributed by atoms with Gasteiger partial charge in [0.2, 0.25) is 5.91 Å². The monoisotopic (exact) mass is 293 g/mol. The summed E-state index contributed by atoms with van der Waals surface area (Å²) in [7, 11) is 0. The number of nitrogens with one attached hydrogen (secondary N) is 1. The number of carbonyl (C=O) groups is 1. The highest BCUT2D eigenvalue weighted by atomic mass is 16.2. The molecule has 0 aliphatic carbocycles. The van der Waals surface area contributed by atoms with Gasteiger partial charge in [-0.25, -0.2) is 6.57 Å². The molecule has 1 fully saturated rings. The summed E-state index contributed by atoms with van der Waals surface area (Å²) in [6.07, 6.45) is 1.48. The van der Waals surface area contributed by atoms with Gasteiger partial charge in [0.15, 0.2) is 0 Å². The molecule has 1 heterocycles. The molecule has 0 bridgehead atoms. The molecule has 2 aromatic carbocycles. The molecule has 0 saturated carbocycles. The molecular weight excluding hydrogens is 274 g/mol. The number of carbonyl (C=O) groups excluding carboxylic acids is 1. The first-order chi connectivity index (χ1) is 10.8. The Hall–Kier alpha value is -2.38. The molecule has 1 amide bonds. The van der Waals surface area contributed by atoms with E-state index in [9.17, 15) is 4.79 Å². The molecule has 0 spiro atoms. The van der Waals surface area contributed by atoms with Gasteiger partial charge in [0.05, 0.1) is 6.54 Å². The highest BCUT2D eigenvalue weighted by molar-refractivity contribution is 5.85. The second-order valence-electron chi connectivity index (χ2n) is 5.58. The molecule has 1 aliphatic heterocycles. The number of rotatable bonds is 4. The first-order valence-corrected chi connectivity index (χ1v) is 7.63. The third-order valence-electron chi connectivity index (χ3n) is 4.16. The number of likely N-dealkylation sites (tertiary alicyclic amines) is 1. The van der Waals surface area contributed by atoms with Crippen molar-refractivity contribution in [2.45, 2.75) is 25.6 Å². The van der Waals surface area contributed by atoms with Crippen molar-refractivity contribution in [1.82, 2.24) is 10.2 Å². The van der Waals surface area contributed by atoms with Crippen molar-refractivity contribution in [1.29, 1.82) is 0 Å². The topological polar surface area (TPSA) is 36.7 Å². The van der Waals surface area contributed by atoms with Crippen molar-refractivity contribution in [3.8, 4) is 0 Å². The van der Waals surface area contributed by atoms with E-state index in [0.717, 1.165) is 12.8 Å². The van der Waals surface area contributed by atoms with Crippen molar-refractivity contribution in [3.05, 3.63) is 59.4 Å². The number of fused-ring (bicyclic) bond motifs is 1. The molecule has 1 N–H and O–H groups in total. The number of benzene rings is 2. The largest absolute Gasteiger partial charge is 0.304 e. The van der Waals surface area contributed by atoms with Crippen LogP contribution in [0.4, 0.5) is 0 Å². The first kappa shape index (κ1) is 14.6. The Balaban J connectivity index is 1.61. The fourth-order valence-corrected chi connectivity index (χ4v) is 3.03. The van der Waals surface area contributed by atoms with E-state index >= 15 is 0 Å². The van der Waals surface area contributed by atoms with Crippen molar-refractivity contribution < 1.29 is 4.79 Å². The Bertz CT molecular complexity index is 714. The molecule has 0 unspecified atom stereocenters. The summed E-state index contributed by atoms with van der Waals surface area (Å²) in [5.74, 6) is 0.0266. The molecule has 1 aliphatic rings. The summed E-state index contributed by atoms with van der Waals surface area (Å²) in [5, 5.41) is 5.64. The SMILES string of the molecule is [C-]#[N+][C@@H]1CCCN1C(=O)CNCc1cccc2ccccc12. The summed E-state index contributed by atoms with van der Waals surface area (Å²) >= 11 is 0. The van der Waals surface area contributed by atoms with Gasteiger partial charge >= 0.3 is 6.17 Å². The van der Waals surface area contributed by atoms with Crippen molar-refractivity contribution in [2.75, 3.05) is 13.1 Å². The lowest BCUT2D eigenvalue weighted by molar-refractivity contribution is -0.130. The molecule has 4 heteroatoms. The minimum atomic E-state index is -0.258. The highest BCUT2D eigenvalue weighted by Gasteiger charge is 2.32. The van der Waals surface area contributed by atoms with E-state index in [-0.39, 0.29) is 18.6 Å². The van der Waals surface area contributed by atoms with Crippen LogP contribution in [0.1, 0.15) is 18.4 Å². The van der Waals surface area contributed by atoms with Crippen LogP contribution >= 0.6 is 0 Å². The zero-order valence-corrected chi connectivity index (χ0v) is 12.5. The molecular formula is C18H19N3O. The van der Waals surface area contributed by atoms with E-state index in [1.54, 1.807) is 4.90 Å². The molecule has 112 valence electrons. The Morgan fingerprint density at radius 2 is 2.09 bits per heavy atom. The van der Waals surface area contributed by atoms with Gasteiger partial charge in [-0.1, -0.05) is 42.5 Å². The maximum absolute atomic E-state index is 12.2. The number of nitrogens with zero attached hydrogens (tertiary/aromatic N) is 2. The van der Waals surface area contributed by atoms with Gasteiger partial charge in [0, 0.05) is 19.5 Å². The summed E-state index contributed by atoms with van der Waals surface area (Å²) in [4.78, 5) is 17.4. The van der Waals surface area contributed by atoms with Crippen molar-refractivity contribution in [2.24, 2.45) is 0 Å². The molecule has 0 radical (unpaired) electrons. The Morgan fingerprint density at radius 3 is 2.95 bits per heavy atom. The van der Waals surface area contributed by atoms with E-state index in [1.165, 1.54) is 16.3 Å². The van der Waals surface area contributed by atoms with Crippen LogP contribution in [0.3, 0.4) is 0 Å². The number of hydrogen-bond acceptors (Lipinski definition) is 2.